The van der Waals surface area contributed by atoms with E-state index in [-0.39, 0.29) is 25.5 Å². The molecule has 4 aromatic carbocycles. The van der Waals surface area contributed by atoms with E-state index in [1.807, 2.05) is 97.1 Å². The summed E-state index contributed by atoms with van der Waals surface area (Å²) in [5.74, 6) is 0.212. The Labute approximate surface area is 250 Å². The van der Waals surface area contributed by atoms with Crippen molar-refractivity contribution < 1.29 is 24.2 Å². The summed E-state index contributed by atoms with van der Waals surface area (Å²) in [5, 5.41) is 9.04. The first-order valence-electron chi connectivity index (χ1n) is 14.4. The maximum Gasteiger partial charge on any atom is 0.262 e. The fraction of sp³-hybridized carbons (Fsp3) is 0.194. The van der Waals surface area contributed by atoms with E-state index in [4.69, 9.17) is 19.6 Å². The van der Waals surface area contributed by atoms with Gasteiger partial charge in [0.1, 0.15) is 5.75 Å². The molecule has 2 aliphatic heterocycles. The van der Waals surface area contributed by atoms with E-state index in [2.05, 4.69) is 0 Å². The molecule has 0 aromatic heterocycles. The Balaban J connectivity index is 1.44. The van der Waals surface area contributed by atoms with Crippen molar-refractivity contribution in [1.29, 1.82) is 0 Å². The fourth-order valence-electron chi connectivity index (χ4n) is 5.53. The molecule has 1 N–H and O–H groups in total. The summed E-state index contributed by atoms with van der Waals surface area (Å²) in [6.45, 7) is 0.588. The molecule has 7 heteroatoms. The molecule has 0 aliphatic carbocycles. The van der Waals surface area contributed by atoms with Crippen LogP contribution in [0.3, 0.4) is 0 Å². The van der Waals surface area contributed by atoms with Crippen LogP contribution in [-0.2, 0) is 16.1 Å². The molecule has 7 nitrogen and oxygen atoms in total. The van der Waals surface area contributed by atoms with Crippen molar-refractivity contribution in [2.45, 2.75) is 31.0 Å². The summed E-state index contributed by atoms with van der Waals surface area (Å²) in [7, 11) is 0. The Kier molecular flexibility index (Phi) is 8.16. The van der Waals surface area contributed by atoms with Gasteiger partial charge in [-0.15, -0.1) is 0 Å². The Bertz CT molecular complexity index is 1650. The number of carbonyl (C=O) groups excluding carboxylic acids is 2. The third-order valence-electron chi connectivity index (χ3n) is 7.72. The van der Waals surface area contributed by atoms with Gasteiger partial charge in [-0.25, -0.2) is 4.99 Å². The molecule has 0 radical (unpaired) electrons. The van der Waals surface area contributed by atoms with Gasteiger partial charge in [-0.05, 0) is 47.5 Å². The Morgan fingerprint density at radius 3 is 2.40 bits per heavy atom. The van der Waals surface area contributed by atoms with Gasteiger partial charge in [0.25, 0.3) is 11.8 Å². The van der Waals surface area contributed by atoms with Gasteiger partial charge in [0, 0.05) is 36.1 Å². The lowest BCUT2D eigenvalue weighted by atomic mass is 9.83. The number of fused-ring (bicyclic) bond motifs is 3. The van der Waals surface area contributed by atoms with E-state index in [1.165, 1.54) is 4.90 Å². The predicted molar refractivity (Wildman–Crippen MR) is 165 cm³/mol. The third-order valence-corrected chi connectivity index (χ3v) is 7.72. The van der Waals surface area contributed by atoms with Gasteiger partial charge in [0.2, 0.25) is 5.90 Å². The van der Waals surface area contributed by atoms with E-state index in [0.717, 1.165) is 16.7 Å². The highest BCUT2D eigenvalue weighted by molar-refractivity contribution is 6.10. The lowest BCUT2D eigenvalue weighted by Gasteiger charge is -2.30. The minimum atomic E-state index is -1.41. The van der Waals surface area contributed by atoms with Crippen LogP contribution in [0.5, 0.6) is 5.75 Å². The smallest absolute Gasteiger partial charge is 0.262 e. The number of benzene rings is 4. The van der Waals surface area contributed by atoms with E-state index in [0.29, 0.717) is 35.8 Å². The highest BCUT2D eigenvalue weighted by Gasteiger charge is 2.57. The SMILES string of the molecule is O=C(c1ccccc1)N1Cc2ccccc2[C@@H]2OC(c3ccc(OCCCO)cc3)=N[C@]2(C/C=C/c2ccccc2)C1=O. The Hall–Kier alpha value is -5.01. The number of ether oxygens (including phenoxy) is 2. The average molecular weight is 573 g/mol. The second-order valence-corrected chi connectivity index (χ2v) is 10.6. The molecule has 43 heavy (non-hydrogen) atoms. The zero-order valence-corrected chi connectivity index (χ0v) is 23.6. The van der Waals surface area contributed by atoms with Crippen LogP contribution in [0, 0.1) is 0 Å². The van der Waals surface area contributed by atoms with Gasteiger partial charge in [-0.1, -0.05) is 84.9 Å². The molecule has 0 bridgehead atoms. The van der Waals surface area contributed by atoms with E-state index < -0.39 is 17.6 Å². The molecular formula is C36H32N2O5. The van der Waals surface area contributed by atoms with Crippen molar-refractivity contribution in [3.8, 4) is 5.75 Å². The number of amides is 2. The number of aliphatic imine (C=N–C) groups is 1. The predicted octanol–water partition coefficient (Wildman–Crippen LogP) is 5.99. The molecule has 2 atom stereocenters. The molecule has 2 heterocycles. The maximum atomic E-state index is 14.7. The molecule has 2 aliphatic rings. The summed E-state index contributed by atoms with van der Waals surface area (Å²) in [6.07, 6.45) is 3.93. The number of rotatable bonds is 9. The van der Waals surface area contributed by atoms with Crippen LogP contribution >= 0.6 is 0 Å². The topological polar surface area (TPSA) is 88.4 Å². The van der Waals surface area contributed by atoms with Crippen molar-refractivity contribution in [3.63, 3.8) is 0 Å². The number of carbonyl (C=O) groups is 2. The number of aliphatic hydroxyl groups is 1. The maximum absolute atomic E-state index is 14.7. The zero-order chi connectivity index (χ0) is 29.6. The normalized spacial score (nSPS) is 19.3. The van der Waals surface area contributed by atoms with E-state index in [9.17, 15) is 9.59 Å². The lowest BCUT2D eigenvalue weighted by molar-refractivity contribution is -0.136. The number of hydrogen-bond acceptors (Lipinski definition) is 6. The Morgan fingerprint density at radius 2 is 1.65 bits per heavy atom. The molecule has 4 aromatic rings. The van der Waals surface area contributed by atoms with Crippen molar-refractivity contribution in [2.24, 2.45) is 4.99 Å². The molecule has 6 rings (SSSR count). The number of hydrogen-bond donors (Lipinski definition) is 1. The highest BCUT2D eigenvalue weighted by Crippen LogP contribution is 2.47. The van der Waals surface area contributed by atoms with Crippen LogP contribution in [-0.4, -0.2) is 46.5 Å². The second kappa shape index (κ2) is 12.5. The standard InChI is InChI=1S/C36H32N2O5/c39-23-10-24-42-30-20-18-27(19-21-30)33-37-36(22-9-13-26-11-3-1-4-12-26)32(43-33)31-17-8-7-16-29(31)25-38(35(36)41)34(40)28-14-5-2-6-15-28/h1-9,11-21,32,39H,10,22-25H2/b13-9+/t32-,36-/m0/s1. The molecule has 2 amide bonds. The number of imide groups is 1. The quantitative estimate of drug-likeness (QED) is 0.197. The molecular weight excluding hydrogens is 540 g/mol. The van der Waals surface area contributed by atoms with Crippen LogP contribution < -0.4 is 4.74 Å². The fourth-order valence-corrected chi connectivity index (χ4v) is 5.53. The number of aliphatic hydroxyl groups excluding tert-OH is 1. The van der Waals surface area contributed by atoms with Crippen LogP contribution in [0.15, 0.2) is 120 Å². The average Bonchev–Trinajstić information content (AvgIpc) is 3.41. The molecule has 0 fully saturated rings. The minimum Gasteiger partial charge on any atom is -0.494 e. The van der Waals surface area contributed by atoms with Crippen LogP contribution in [0.25, 0.3) is 6.08 Å². The van der Waals surface area contributed by atoms with Crippen molar-refractivity contribution in [2.75, 3.05) is 13.2 Å². The molecule has 0 unspecified atom stereocenters. The van der Waals surface area contributed by atoms with E-state index >= 15 is 0 Å². The van der Waals surface area contributed by atoms with Gasteiger partial charge < -0.3 is 14.6 Å². The van der Waals surface area contributed by atoms with Crippen molar-refractivity contribution >= 4 is 23.8 Å². The molecule has 0 saturated carbocycles. The molecule has 216 valence electrons. The van der Waals surface area contributed by atoms with Gasteiger partial charge in [0.05, 0.1) is 13.2 Å². The lowest BCUT2D eigenvalue weighted by Crippen LogP contribution is -2.50. The first-order chi connectivity index (χ1) is 21.1. The summed E-state index contributed by atoms with van der Waals surface area (Å²) < 4.78 is 12.3. The monoisotopic (exact) mass is 572 g/mol. The van der Waals surface area contributed by atoms with Gasteiger partial charge >= 0.3 is 0 Å². The summed E-state index contributed by atoms with van der Waals surface area (Å²) in [4.78, 5) is 34.9. The van der Waals surface area contributed by atoms with Crippen molar-refractivity contribution in [1.82, 2.24) is 4.90 Å². The summed E-state index contributed by atoms with van der Waals surface area (Å²) in [6, 6.07) is 33.7. The van der Waals surface area contributed by atoms with Crippen LogP contribution in [0.4, 0.5) is 0 Å². The van der Waals surface area contributed by atoms with Gasteiger partial charge in [-0.2, -0.15) is 0 Å². The van der Waals surface area contributed by atoms with Gasteiger partial charge in [-0.3, -0.25) is 14.5 Å². The number of nitrogens with zero attached hydrogens (tertiary/aromatic N) is 2. The molecule has 0 spiro atoms. The van der Waals surface area contributed by atoms with Crippen LogP contribution in [0.2, 0.25) is 0 Å². The van der Waals surface area contributed by atoms with Gasteiger partial charge in [0.15, 0.2) is 11.6 Å². The second-order valence-electron chi connectivity index (χ2n) is 10.6. The van der Waals surface area contributed by atoms with Crippen LogP contribution in [0.1, 0.15) is 51.6 Å². The Morgan fingerprint density at radius 1 is 0.953 bits per heavy atom. The van der Waals surface area contributed by atoms with Crippen molar-refractivity contribution in [3.05, 3.63) is 143 Å². The minimum absolute atomic E-state index is 0.0597. The summed E-state index contributed by atoms with van der Waals surface area (Å²) >= 11 is 0. The third kappa shape index (κ3) is 5.72. The largest absolute Gasteiger partial charge is 0.494 e. The first-order valence-corrected chi connectivity index (χ1v) is 14.4. The summed E-state index contributed by atoms with van der Waals surface area (Å²) in [5.41, 5.74) is 2.38. The van der Waals surface area contributed by atoms with E-state index in [1.54, 1.807) is 24.3 Å². The molecule has 0 saturated heterocycles. The highest BCUT2D eigenvalue weighted by atomic mass is 16.5. The zero-order valence-electron chi connectivity index (χ0n) is 23.6. The first kappa shape index (κ1) is 28.1.